The largest absolute Gasteiger partial charge is 0.206 e. The van der Waals surface area contributed by atoms with Gasteiger partial charge in [-0.1, -0.05) is 48.0 Å². The van der Waals surface area contributed by atoms with Crippen molar-refractivity contribution in [2.45, 2.75) is 5.38 Å². The van der Waals surface area contributed by atoms with Crippen molar-refractivity contribution in [3.8, 4) is 0 Å². The summed E-state index contributed by atoms with van der Waals surface area (Å²) >= 11 is 16.0. The molecular weight excluding hydrogens is 374 g/mol. The summed E-state index contributed by atoms with van der Waals surface area (Å²) in [5.41, 5.74) is 1.78. The van der Waals surface area contributed by atoms with E-state index in [1.54, 1.807) is 18.2 Å². The summed E-state index contributed by atoms with van der Waals surface area (Å²) in [5.74, 6) is -0.240. The van der Waals surface area contributed by atoms with E-state index in [9.17, 15) is 4.39 Å². The van der Waals surface area contributed by atoms with Crippen LogP contribution in [0.5, 0.6) is 0 Å². The molecule has 0 spiro atoms. The van der Waals surface area contributed by atoms with E-state index in [1.807, 2.05) is 30.3 Å². The number of hydrogen-bond acceptors (Lipinski definition) is 0. The summed E-state index contributed by atoms with van der Waals surface area (Å²) in [6.07, 6.45) is 0. The number of hydrogen-bond donors (Lipinski definition) is 0. The van der Waals surface area contributed by atoms with Gasteiger partial charge in [-0.05, 0) is 50.6 Å². The molecule has 0 amide bonds. The molecule has 0 aliphatic heterocycles. The Morgan fingerprint density at radius 1 is 0.952 bits per heavy atom. The number of fused-ring (bicyclic) bond motifs is 1. The number of halogens is 4. The second kappa shape index (κ2) is 5.96. The fourth-order valence-electron chi connectivity index (χ4n) is 2.36. The van der Waals surface area contributed by atoms with Gasteiger partial charge in [0.05, 0.1) is 10.4 Å². The molecule has 106 valence electrons. The first-order valence-electron chi connectivity index (χ1n) is 6.34. The Morgan fingerprint density at radius 3 is 2.38 bits per heavy atom. The fourth-order valence-corrected chi connectivity index (χ4v) is 3.20. The van der Waals surface area contributed by atoms with Crippen LogP contribution in [0.1, 0.15) is 16.5 Å². The Labute approximate surface area is 140 Å². The second-order valence-electron chi connectivity index (χ2n) is 4.72. The molecule has 0 N–H and O–H groups in total. The highest BCUT2D eigenvalue weighted by Crippen LogP contribution is 2.36. The third kappa shape index (κ3) is 2.80. The molecule has 1 atom stereocenters. The van der Waals surface area contributed by atoms with Crippen molar-refractivity contribution in [2.24, 2.45) is 0 Å². The van der Waals surface area contributed by atoms with Crippen LogP contribution in [-0.4, -0.2) is 0 Å². The Bertz CT molecular complexity index is 817. The first kappa shape index (κ1) is 14.8. The lowest BCUT2D eigenvalue weighted by molar-refractivity contribution is 0.639. The van der Waals surface area contributed by atoms with Crippen molar-refractivity contribution in [3.05, 3.63) is 81.0 Å². The lowest BCUT2D eigenvalue weighted by Crippen LogP contribution is -1.96. The van der Waals surface area contributed by atoms with E-state index in [4.69, 9.17) is 23.2 Å². The molecule has 0 saturated heterocycles. The van der Waals surface area contributed by atoms with Crippen molar-refractivity contribution in [1.29, 1.82) is 0 Å². The summed E-state index contributed by atoms with van der Waals surface area (Å²) in [6, 6.07) is 16.1. The maximum atomic E-state index is 13.9. The molecule has 3 aromatic rings. The molecule has 0 nitrogen and oxygen atoms in total. The zero-order valence-corrected chi connectivity index (χ0v) is 13.9. The Morgan fingerprint density at radius 2 is 1.67 bits per heavy atom. The van der Waals surface area contributed by atoms with E-state index < -0.39 is 0 Å². The topological polar surface area (TPSA) is 0 Å². The van der Waals surface area contributed by atoms with Crippen molar-refractivity contribution in [2.75, 3.05) is 0 Å². The van der Waals surface area contributed by atoms with Crippen LogP contribution >= 0.6 is 39.1 Å². The van der Waals surface area contributed by atoms with Gasteiger partial charge in [-0.15, -0.1) is 11.6 Å². The fraction of sp³-hybridized carbons (Fsp3) is 0.0588. The van der Waals surface area contributed by atoms with Gasteiger partial charge in [0, 0.05) is 9.86 Å². The van der Waals surface area contributed by atoms with Gasteiger partial charge >= 0.3 is 0 Å². The summed E-state index contributed by atoms with van der Waals surface area (Å²) in [4.78, 5) is 0. The highest BCUT2D eigenvalue weighted by molar-refractivity contribution is 9.10. The molecule has 0 fully saturated rings. The molecule has 21 heavy (non-hydrogen) atoms. The molecule has 1 unspecified atom stereocenters. The van der Waals surface area contributed by atoms with Crippen LogP contribution in [0.2, 0.25) is 5.02 Å². The van der Waals surface area contributed by atoms with E-state index >= 15 is 0 Å². The molecule has 0 saturated carbocycles. The van der Waals surface area contributed by atoms with Crippen LogP contribution in [-0.2, 0) is 0 Å². The van der Waals surface area contributed by atoms with E-state index in [0.717, 1.165) is 21.0 Å². The van der Waals surface area contributed by atoms with Gasteiger partial charge < -0.3 is 0 Å². The van der Waals surface area contributed by atoms with Gasteiger partial charge in [0.15, 0.2) is 0 Å². The third-order valence-corrected chi connectivity index (χ3v) is 5.11. The molecule has 3 aromatic carbocycles. The molecule has 0 radical (unpaired) electrons. The Kier molecular flexibility index (Phi) is 4.21. The molecular formula is C17H10BrCl2F. The smallest absolute Gasteiger partial charge is 0.131 e. The average molecular weight is 384 g/mol. The van der Waals surface area contributed by atoms with Crippen LogP contribution in [0, 0.1) is 5.82 Å². The van der Waals surface area contributed by atoms with E-state index in [-0.39, 0.29) is 11.2 Å². The predicted molar refractivity (Wildman–Crippen MR) is 90.8 cm³/mol. The number of alkyl halides is 1. The lowest BCUT2D eigenvalue weighted by atomic mass is 9.98. The summed E-state index contributed by atoms with van der Waals surface area (Å²) in [6.45, 7) is 0. The lowest BCUT2D eigenvalue weighted by Gasteiger charge is -2.14. The van der Waals surface area contributed by atoms with Crippen molar-refractivity contribution in [1.82, 2.24) is 0 Å². The molecule has 0 bridgehead atoms. The Hall–Kier alpha value is -1.09. The maximum Gasteiger partial charge on any atom is 0.131 e. The number of benzene rings is 3. The van der Waals surface area contributed by atoms with Gasteiger partial charge in [0.1, 0.15) is 5.82 Å². The second-order valence-corrected chi connectivity index (χ2v) is 6.42. The van der Waals surface area contributed by atoms with Crippen molar-refractivity contribution >= 4 is 49.9 Å². The quantitative estimate of drug-likeness (QED) is 0.430. The van der Waals surface area contributed by atoms with Crippen LogP contribution in [0.15, 0.2) is 59.1 Å². The minimum absolute atomic E-state index is 0.240. The van der Waals surface area contributed by atoms with Crippen LogP contribution in [0.3, 0.4) is 0 Å². The summed E-state index contributed by atoms with van der Waals surface area (Å²) < 4.78 is 14.7. The van der Waals surface area contributed by atoms with Gasteiger partial charge in [0.25, 0.3) is 0 Å². The van der Waals surface area contributed by atoms with Crippen LogP contribution in [0.4, 0.5) is 4.39 Å². The average Bonchev–Trinajstić information content (AvgIpc) is 2.50. The zero-order valence-electron chi connectivity index (χ0n) is 10.8. The van der Waals surface area contributed by atoms with Gasteiger partial charge in [-0.2, -0.15) is 0 Å². The molecule has 4 heteroatoms. The first-order valence-corrected chi connectivity index (χ1v) is 7.95. The SMILES string of the molecule is Fc1ccc(C(Cl)c2ccc(Cl)c(Br)c2)c2ccccc12. The molecule has 0 aliphatic rings. The summed E-state index contributed by atoms with van der Waals surface area (Å²) in [7, 11) is 0. The maximum absolute atomic E-state index is 13.9. The van der Waals surface area contributed by atoms with E-state index in [0.29, 0.717) is 10.4 Å². The minimum atomic E-state index is -0.371. The minimum Gasteiger partial charge on any atom is -0.206 e. The third-order valence-electron chi connectivity index (χ3n) is 3.41. The molecule has 0 aliphatic carbocycles. The van der Waals surface area contributed by atoms with Crippen LogP contribution in [0.25, 0.3) is 10.8 Å². The zero-order chi connectivity index (χ0) is 15.0. The van der Waals surface area contributed by atoms with Gasteiger partial charge in [-0.3, -0.25) is 0 Å². The molecule has 3 rings (SSSR count). The van der Waals surface area contributed by atoms with Crippen LogP contribution < -0.4 is 0 Å². The first-order chi connectivity index (χ1) is 10.1. The van der Waals surface area contributed by atoms with E-state index in [2.05, 4.69) is 15.9 Å². The van der Waals surface area contributed by atoms with Gasteiger partial charge in [-0.25, -0.2) is 4.39 Å². The Balaban J connectivity index is 2.15. The highest BCUT2D eigenvalue weighted by atomic mass is 79.9. The standard InChI is InChI=1S/C17H10BrCl2F/c18-14-9-10(5-7-15(14)19)17(20)13-6-8-16(21)12-4-2-1-3-11(12)13/h1-9,17H. The summed E-state index contributed by atoms with van der Waals surface area (Å²) in [5, 5.41) is 1.66. The normalized spacial score (nSPS) is 12.6. The van der Waals surface area contributed by atoms with E-state index in [1.165, 1.54) is 6.07 Å². The molecule has 0 heterocycles. The monoisotopic (exact) mass is 382 g/mol. The van der Waals surface area contributed by atoms with Crippen molar-refractivity contribution < 1.29 is 4.39 Å². The van der Waals surface area contributed by atoms with Gasteiger partial charge in [0.2, 0.25) is 0 Å². The number of rotatable bonds is 2. The highest BCUT2D eigenvalue weighted by Gasteiger charge is 2.16. The van der Waals surface area contributed by atoms with Crippen molar-refractivity contribution in [3.63, 3.8) is 0 Å². The predicted octanol–water partition coefficient (Wildman–Crippen LogP) is 6.72. The molecule has 0 aromatic heterocycles.